The smallest absolute Gasteiger partial charge is 0.334 e. The largest absolute Gasteiger partial charge is 0.454 e. The van der Waals surface area contributed by atoms with E-state index >= 15 is 0 Å². The molecule has 18 heavy (non-hydrogen) atoms. The van der Waals surface area contributed by atoms with Crippen molar-refractivity contribution < 1.29 is 14.3 Å². The second-order valence-corrected chi connectivity index (χ2v) is 6.33. The van der Waals surface area contributed by atoms with Crippen molar-refractivity contribution in [1.29, 1.82) is 0 Å². The number of rotatable bonds is 0. The number of carbonyl (C=O) groups is 1. The molecule has 0 aromatic heterocycles. The lowest BCUT2D eigenvalue weighted by Gasteiger charge is -2.25. The Hall–Kier alpha value is -1.09. The predicted octanol–water partition coefficient (Wildman–Crippen LogP) is 2.52. The number of hydrogen-bond acceptors (Lipinski definition) is 3. The van der Waals surface area contributed by atoms with Crippen LogP contribution < -0.4 is 0 Å². The molecule has 2 fully saturated rings. The van der Waals surface area contributed by atoms with Gasteiger partial charge in [0.05, 0.1) is 11.5 Å². The summed E-state index contributed by atoms with van der Waals surface area (Å²) >= 11 is 0. The first-order valence-corrected chi connectivity index (χ1v) is 6.76. The molecule has 3 heteroatoms. The summed E-state index contributed by atoms with van der Waals surface area (Å²) in [6.45, 7) is 6.26. The summed E-state index contributed by atoms with van der Waals surface area (Å²) in [4.78, 5) is 11.8. The third kappa shape index (κ3) is 0.993. The summed E-state index contributed by atoms with van der Waals surface area (Å²) in [6, 6.07) is 0. The van der Waals surface area contributed by atoms with E-state index in [1.165, 1.54) is 11.1 Å². The van der Waals surface area contributed by atoms with Gasteiger partial charge in [0.1, 0.15) is 11.7 Å². The number of fused-ring (bicyclic) bond motifs is 2. The zero-order valence-corrected chi connectivity index (χ0v) is 11.1. The van der Waals surface area contributed by atoms with Gasteiger partial charge >= 0.3 is 5.97 Å². The Kier molecular flexibility index (Phi) is 1.74. The van der Waals surface area contributed by atoms with Gasteiger partial charge in [-0.25, -0.2) is 4.79 Å². The van der Waals surface area contributed by atoms with E-state index in [9.17, 15) is 4.79 Å². The summed E-state index contributed by atoms with van der Waals surface area (Å²) in [5, 5.41) is 0. The van der Waals surface area contributed by atoms with Gasteiger partial charge in [-0.3, -0.25) is 0 Å². The average Bonchev–Trinajstić information content (AvgIpc) is 2.65. The zero-order chi connectivity index (χ0) is 12.7. The van der Waals surface area contributed by atoms with Gasteiger partial charge in [0.2, 0.25) is 0 Å². The Morgan fingerprint density at radius 1 is 1.39 bits per heavy atom. The monoisotopic (exact) mass is 246 g/mol. The molecule has 0 bridgehead atoms. The first-order chi connectivity index (χ1) is 8.48. The molecule has 2 unspecified atom stereocenters. The Bertz CT molecular complexity index is 530. The number of epoxide rings is 1. The Morgan fingerprint density at radius 2 is 2.17 bits per heavy atom. The van der Waals surface area contributed by atoms with Crippen molar-refractivity contribution in [2.45, 2.75) is 57.3 Å². The molecule has 4 rings (SSSR count). The maximum absolute atomic E-state index is 11.8. The summed E-state index contributed by atoms with van der Waals surface area (Å²) < 4.78 is 11.8. The highest BCUT2D eigenvalue weighted by atomic mass is 16.6. The predicted molar refractivity (Wildman–Crippen MR) is 65.9 cm³/mol. The van der Waals surface area contributed by atoms with Gasteiger partial charge in [0.25, 0.3) is 0 Å². The Labute approximate surface area is 107 Å². The van der Waals surface area contributed by atoms with Crippen LogP contribution in [0.5, 0.6) is 0 Å². The fraction of sp³-hybridized carbons (Fsp3) is 0.667. The molecule has 2 heterocycles. The van der Waals surface area contributed by atoms with Gasteiger partial charge in [-0.05, 0) is 45.6 Å². The van der Waals surface area contributed by atoms with Crippen LogP contribution in [0.4, 0.5) is 0 Å². The normalized spacial score (nSPS) is 49.1. The number of ether oxygens (including phenoxy) is 2. The third-order valence-electron chi connectivity index (χ3n) is 5.52. The molecule has 1 saturated heterocycles. The van der Waals surface area contributed by atoms with Crippen LogP contribution in [0.2, 0.25) is 0 Å². The van der Waals surface area contributed by atoms with E-state index in [-0.39, 0.29) is 29.2 Å². The molecule has 1 saturated carbocycles. The van der Waals surface area contributed by atoms with Crippen LogP contribution in [-0.2, 0) is 14.3 Å². The summed E-state index contributed by atoms with van der Waals surface area (Å²) in [7, 11) is 0. The van der Waals surface area contributed by atoms with Crippen molar-refractivity contribution in [3.8, 4) is 0 Å². The molecule has 0 N–H and O–H groups in total. The minimum absolute atomic E-state index is 0.0179. The quantitative estimate of drug-likeness (QED) is 0.374. The standard InChI is InChI=1S/C15H18O3/c1-8-4-7-15-11(8)12-10(9(2)13(16)17-12)5-6-14(15,3)18-15/h4,11-12H,5-7H2,1-3H3/t11-,12+,14?,15?/m1/s1. The van der Waals surface area contributed by atoms with Crippen molar-refractivity contribution >= 4 is 5.97 Å². The zero-order valence-electron chi connectivity index (χ0n) is 11.1. The topological polar surface area (TPSA) is 38.8 Å². The second kappa shape index (κ2) is 2.90. The molecule has 2 aliphatic heterocycles. The van der Waals surface area contributed by atoms with Gasteiger partial charge < -0.3 is 9.47 Å². The molecular formula is C15H18O3. The fourth-order valence-electron chi connectivity index (χ4n) is 4.30. The molecule has 4 aliphatic rings. The van der Waals surface area contributed by atoms with Crippen LogP contribution in [0.1, 0.15) is 40.0 Å². The van der Waals surface area contributed by atoms with Gasteiger partial charge in [0, 0.05) is 5.57 Å². The van der Waals surface area contributed by atoms with E-state index in [0.29, 0.717) is 0 Å². The lowest BCUT2D eigenvalue weighted by atomic mass is 9.79. The van der Waals surface area contributed by atoms with Crippen molar-refractivity contribution in [1.82, 2.24) is 0 Å². The van der Waals surface area contributed by atoms with Gasteiger partial charge in [-0.2, -0.15) is 0 Å². The third-order valence-corrected chi connectivity index (χ3v) is 5.52. The minimum atomic E-state index is -0.130. The number of carbonyl (C=O) groups excluding carboxylic acids is 1. The molecule has 2 aliphatic carbocycles. The molecule has 0 aromatic rings. The summed E-state index contributed by atoms with van der Waals surface area (Å²) in [6.07, 6.45) is 5.11. The highest BCUT2D eigenvalue weighted by Gasteiger charge is 2.74. The van der Waals surface area contributed by atoms with Crippen LogP contribution >= 0.6 is 0 Å². The van der Waals surface area contributed by atoms with Crippen LogP contribution in [0.3, 0.4) is 0 Å². The minimum Gasteiger partial charge on any atom is -0.454 e. The van der Waals surface area contributed by atoms with Crippen molar-refractivity contribution in [2.24, 2.45) is 5.92 Å². The fourth-order valence-corrected chi connectivity index (χ4v) is 4.30. The van der Waals surface area contributed by atoms with Crippen LogP contribution in [0.15, 0.2) is 22.8 Å². The Balaban J connectivity index is 1.85. The average molecular weight is 246 g/mol. The van der Waals surface area contributed by atoms with Crippen LogP contribution in [-0.4, -0.2) is 23.3 Å². The molecular weight excluding hydrogens is 228 g/mol. The SMILES string of the molecule is CC1=CCC23OC2(C)CCC2=C(C)C(=O)O[C@@H]2[C@@H]13. The maximum atomic E-state index is 11.8. The first-order valence-electron chi connectivity index (χ1n) is 6.76. The van der Waals surface area contributed by atoms with E-state index in [1.807, 2.05) is 6.92 Å². The van der Waals surface area contributed by atoms with Crippen molar-refractivity contribution in [2.75, 3.05) is 0 Å². The molecule has 1 spiro atoms. The lowest BCUT2D eigenvalue weighted by Crippen LogP contribution is -2.36. The number of esters is 1. The number of hydrogen-bond donors (Lipinski definition) is 0. The van der Waals surface area contributed by atoms with Crippen molar-refractivity contribution in [3.05, 3.63) is 22.8 Å². The van der Waals surface area contributed by atoms with E-state index in [2.05, 4.69) is 19.9 Å². The van der Waals surface area contributed by atoms with E-state index in [0.717, 1.165) is 24.8 Å². The van der Waals surface area contributed by atoms with Crippen LogP contribution in [0.25, 0.3) is 0 Å². The molecule has 0 aromatic carbocycles. The molecule has 3 nitrogen and oxygen atoms in total. The molecule has 96 valence electrons. The van der Waals surface area contributed by atoms with Gasteiger partial charge in [-0.1, -0.05) is 11.6 Å². The molecule has 4 atom stereocenters. The van der Waals surface area contributed by atoms with Gasteiger partial charge in [-0.15, -0.1) is 0 Å². The molecule has 0 amide bonds. The van der Waals surface area contributed by atoms with Crippen molar-refractivity contribution in [3.63, 3.8) is 0 Å². The first kappa shape index (κ1) is 10.8. The van der Waals surface area contributed by atoms with E-state index < -0.39 is 0 Å². The lowest BCUT2D eigenvalue weighted by molar-refractivity contribution is -0.141. The Morgan fingerprint density at radius 3 is 2.94 bits per heavy atom. The molecule has 0 radical (unpaired) electrons. The highest BCUT2D eigenvalue weighted by molar-refractivity contribution is 5.92. The summed E-state index contributed by atoms with van der Waals surface area (Å²) in [5.74, 6) is 0.107. The summed E-state index contributed by atoms with van der Waals surface area (Å²) in [5.41, 5.74) is 3.27. The maximum Gasteiger partial charge on any atom is 0.334 e. The highest BCUT2D eigenvalue weighted by Crippen LogP contribution is 2.66. The van der Waals surface area contributed by atoms with Crippen LogP contribution in [0, 0.1) is 5.92 Å². The van der Waals surface area contributed by atoms with E-state index in [1.54, 1.807) is 0 Å². The van der Waals surface area contributed by atoms with Gasteiger partial charge in [0.15, 0.2) is 0 Å². The second-order valence-electron chi connectivity index (χ2n) is 6.33. The van der Waals surface area contributed by atoms with E-state index in [4.69, 9.17) is 9.47 Å².